The molecule has 1 N–H and O–H groups in total. The van der Waals surface area contributed by atoms with Crippen molar-refractivity contribution in [2.45, 2.75) is 26.8 Å². The Morgan fingerprint density at radius 1 is 1.33 bits per heavy atom. The maximum absolute atomic E-state index is 12.6. The van der Waals surface area contributed by atoms with Crippen LogP contribution < -0.4 is 14.6 Å². The number of hydrogen-bond donors (Lipinski definition) is 1. The van der Waals surface area contributed by atoms with Crippen LogP contribution in [0.4, 0.5) is 11.4 Å². The summed E-state index contributed by atoms with van der Waals surface area (Å²) in [6.45, 7) is 5.68. The predicted molar refractivity (Wildman–Crippen MR) is 89.1 cm³/mol. The smallest absolute Gasteiger partial charge is 0.293 e. The Hall–Kier alpha value is -2.96. The predicted octanol–water partition coefficient (Wildman–Crippen LogP) is 2.71. The van der Waals surface area contributed by atoms with Crippen LogP contribution in [0.15, 0.2) is 36.5 Å². The molecule has 2 aromatic rings. The number of aryl methyl sites for hydroxylation is 1. The monoisotopic (exact) mass is 330 g/mol. The Labute approximate surface area is 140 Å². The van der Waals surface area contributed by atoms with Gasteiger partial charge in [-0.3, -0.25) is 14.9 Å². The van der Waals surface area contributed by atoms with Gasteiger partial charge in [-0.1, -0.05) is 0 Å². The van der Waals surface area contributed by atoms with Crippen molar-refractivity contribution in [3.8, 4) is 5.75 Å². The van der Waals surface area contributed by atoms with Gasteiger partial charge in [0.2, 0.25) is 6.04 Å². The number of non-ortho nitro benzene ring substituents is 1. The van der Waals surface area contributed by atoms with E-state index in [1.807, 2.05) is 36.7 Å². The lowest BCUT2D eigenvalue weighted by molar-refractivity contribution is -0.711. The van der Waals surface area contributed by atoms with Gasteiger partial charge in [-0.15, -0.1) is 0 Å². The van der Waals surface area contributed by atoms with Crippen molar-refractivity contribution in [2.24, 2.45) is 0 Å². The number of methoxy groups -OCH3 is 1. The molecular weight excluding hydrogens is 310 g/mol. The van der Waals surface area contributed by atoms with Crippen LogP contribution in [-0.4, -0.2) is 17.9 Å². The fraction of sp³-hybridized carbons (Fsp3) is 0.294. The van der Waals surface area contributed by atoms with Crippen molar-refractivity contribution in [3.05, 3.63) is 57.9 Å². The standard InChI is InChI=1S/C17H19N3O4/c1-11-6-5-9-19(12(11)2)13(3)17(21)18-15-10-14(20(22)23)7-8-16(15)24-4/h5-10,13H,1-4H3/p+1/t13-/m1/s1. The molecule has 1 atom stereocenters. The highest BCUT2D eigenvalue weighted by atomic mass is 16.6. The highest BCUT2D eigenvalue weighted by Crippen LogP contribution is 2.29. The zero-order chi connectivity index (χ0) is 17.9. The number of hydrogen-bond acceptors (Lipinski definition) is 4. The number of nitro groups is 1. The van der Waals surface area contributed by atoms with Crippen molar-refractivity contribution in [1.82, 2.24) is 0 Å². The Balaban J connectivity index is 2.30. The van der Waals surface area contributed by atoms with E-state index in [0.717, 1.165) is 11.3 Å². The van der Waals surface area contributed by atoms with E-state index in [1.165, 1.54) is 25.3 Å². The molecule has 0 fully saturated rings. The minimum absolute atomic E-state index is 0.113. The summed E-state index contributed by atoms with van der Waals surface area (Å²) in [6, 6.07) is 7.45. The third-order valence-corrected chi connectivity index (χ3v) is 4.00. The number of rotatable bonds is 5. The molecule has 1 heterocycles. The molecule has 1 amide bonds. The first kappa shape index (κ1) is 17.4. The number of nitrogens with zero attached hydrogens (tertiary/aromatic N) is 2. The summed E-state index contributed by atoms with van der Waals surface area (Å²) in [5, 5.41) is 13.6. The van der Waals surface area contributed by atoms with Gasteiger partial charge in [0.25, 0.3) is 11.6 Å². The van der Waals surface area contributed by atoms with Crippen molar-refractivity contribution >= 4 is 17.3 Å². The van der Waals surface area contributed by atoms with Crippen molar-refractivity contribution in [1.29, 1.82) is 0 Å². The van der Waals surface area contributed by atoms with Crippen LogP contribution in [0.2, 0.25) is 0 Å². The van der Waals surface area contributed by atoms with E-state index in [0.29, 0.717) is 5.75 Å². The van der Waals surface area contributed by atoms with Crippen LogP contribution in [0.5, 0.6) is 5.75 Å². The molecule has 7 heteroatoms. The molecule has 0 bridgehead atoms. The fourth-order valence-corrected chi connectivity index (χ4v) is 2.41. The first-order valence-electron chi connectivity index (χ1n) is 7.45. The summed E-state index contributed by atoms with van der Waals surface area (Å²) in [7, 11) is 1.44. The average molecular weight is 330 g/mol. The Morgan fingerprint density at radius 3 is 2.67 bits per heavy atom. The average Bonchev–Trinajstić information content (AvgIpc) is 2.56. The molecule has 0 unspecified atom stereocenters. The lowest BCUT2D eigenvalue weighted by atomic mass is 10.2. The molecule has 0 saturated heterocycles. The molecule has 0 aliphatic rings. The number of anilines is 1. The minimum Gasteiger partial charge on any atom is -0.495 e. The van der Waals surface area contributed by atoms with Crippen molar-refractivity contribution in [3.63, 3.8) is 0 Å². The molecule has 24 heavy (non-hydrogen) atoms. The van der Waals surface area contributed by atoms with E-state index in [9.17, 15) is 14.9 Å². The first-order chi connectivity index (χ1) is 11.3. The number of nitro benzene ring substituents is 1. The number of carbonyl (C=O) groups excluding carboxylic acids is 1. The van der Waals surface area contributed by atoms with E-state index in [1.54, 1.807) is 6.92 Å². The Bertz CT molecular complexity index is 789. The molecule has 0 aliphatic carbocycles. The molecule has 7 nitrogen and oxygen atoms in total. The van der Waals surface area contributed by atoms with Crippen LogP contribution in [0, 0.1) is 24.0 Å². The third kappa shape index (κ3) is 3.51. The summed E-state index contributed by atoms with van der Waals surface area (Å²) >= 11 is 0. The van der Waals surface area contributed by atoms with Crippen molar-refractivity contribution < 1.29 is 19.0 Å². The van der Waals surface area contributed by atoms with Gasteiger partial charge >= 0.3 is 0 Å². The van der Waals surface area contributed by atoms with Gasteiger partial charge < -0.3 is 10.1 Å². The topological polar surface area (TPSA) is 85.3 Å². The molecule has 1 aromatic heterocycles. The van der Waals surface area contributed by atoms with Gasteiger partial charge in [0.05, 0.1) is 17.7 Å². The maximum Gasteiger partial charge on any atom is 0.293 e. The summed E-state index contributed by atoms with van der Waals surface area (Å²) in [5.74, 6) is 0.0830. The summed E-state index contributed by atoms with van der Waals surface area (Å²) in [6.07, 6.45) is 1.83. The van der Waals surface area contributed by atoms with E-state index in [-0.39, 0.29) is 17.3 Å². The second kappa shape index (κ2) is 7.08. The molecule has 2 rings (SSSR count). The molecule has 0 saturated carbocycles. The zero-order valence-electron chi connectivity index (χ0n) is 14.1. The van der Waals surface area contributed by atoms with Gasteiger partial charge in [-0.05, 0) is 19.1 Å². The molecule has 126 valence electrons. The summed E-state index contributed by atoms with van der Waals surface area (Å²) < 4.78 is 7.02. The second-order valence-electron chi connectivity index (χ2n) is 5.49. The lowest BCUT2D eigenvalue weighted by Gasteiger charge is -2.13. The summed E-state index contributed by atoms with van der Waals surface area (Å²) in [4.78, 5) is 23.0. The first-order valence-corrected chi connectivity index (χ1v) is 7.45. The molecule has 0 spiro atoms. The van der Waals surface area contributed by atoms with Gasteiger partial charge in [0.15, 0.2) is 11.9 Å². The van der Waals surface area contributed by atoms with E-state index in [2.05, 4.69) is 5.32 Å². The number of aromatic nitrogens is 1. The number of pyridine rings is 1. The van der Waals surface area contributed by atoms with Crippen LogP contribution in [-0.2, 0) is 4.79 Å². The number of amides is 1. The van der Waals surface area contributed by atoms with E-state index in [4.69, 9.17) is 4.74 Å². The summed E-state index contributed by atoms with van der Waals surface area (Å²) in [5.41, 5.74) is 2.21. The van der Waals surface area contributed by atoms with Crippen LogP contribution in [0.1, 0.15) is 24.2 Å². The van der Waals surface area contributed by atoms with Crippen molar-refractivity contribution in [2.75, 3.05) is 12.4 Å². The Morgan fingerprint density at radius 2 is 2.04 bits per heavy atom. The SMILES string of the molecule is COc1ccc([N+](=O)[O-])cc1NC(=O)[C@@H](C)[n+]1cccc(C)c1C. The normalized spacial score (nSPS) is 11.7. The zero-order valence-corrected chi connectivity index (χ0v) is 14.1. The highest BCUT2D eigenvalue weighted by Gasteiger charge is 2.26. The van der Waals surface area contributed by atoms with Gasteiger partial charge in [0.1, 0.15) is 5.75 Å². The largest absolute Gasteiger partial charge is 0.495 e. The van der Waals surface area contributed by atoms with E-state index < -0.39 is 11.0 Å². The quantitative estimate of drug-likeness (QED) is 0.519. The number of carbonyl (C=O) groups is 1. The number of ether oxygens (including phenoxy) is 1. The van der Waals surface area contributed by atoms with Gasteiger partial charge in [-0.2, -0.15) is 4.57 Å². The molecular formula is C17H20N3O4+. The lowest BCUT2D eigenvalue weighted by Crippen LogP contribution is -2.47. The molecule has 0 aliphatic heterocycles. The van der Waals surface area contributed by atoms with E-state index >= 15 is 0 Å². The van der Waals surface area contributed by atoms with Crippen LogP contribution in [0.25, 0.3) is 0 Å². The van der Waals surface area contributed by atoms with Crippen LogP contribution >= 0.6 is 0 Å². The third-order valence-electron chi connectivity index (χ3n) is 4.00. The Kier molecular flexibility index (Phi) is 5.13. The second-order valence-corrected chi connectivity index (χ2v) is 5.49. The van der Waals surface area contributed by atoms with Gasteiger partial charge in [0, 0.05) is 37.6 Å². The molecule has 1 aromatic carbocycles. The highest BCUT2D eigenvalue weighted by molar-refractivity contribution is 5.94. The maximum atomic E-state index is 12.6. The number of benzene rings is 1. The van der Waals surface area contributed by atoms with Crippen LogP contribution in [0.3, 0.4) is 0 Å². The minimum atomic E-state index is -0.516. The van der Waals surface area contributed by atoms with Gasteiger partial charge in [-0.25, -0.2) is 0 Å². The number of nitrogens with one attached hydrogen (secondary N) is 1. The molecule has 0 radical (unpaired) electrons. The fourth-order valence-electron chi connectivity index (χ4n) is 2.41.